The summed E-state index contributed by atoms with van der Waals surface area (Å²) in [4.78, 5) is 40.2. The SMILES string of the molecule is CCN(CC)c1ccc(/C=C2/NC(=O)N(CC(=O)Nc3ccc(C)cc3)C2=O)cc1. The van der Waals surface area contributed by atoms with E-state index in [0.29, 0.717) is 5.69 Å². The normalized spacial score (nSPS) is 14.8. The highest BCUT2D eigenvalue weighted by Crippen LogP contribution is 2.19. The number of amides is 4. The van der Waals surface area contributed by atoms with E-state index in [-0.39, 0.29) is 12.2 Å². The lowest BCUT2D eigenvalue weighted by Crippen LogP contribution is -2.38. The Morgan fingerprint density at radius 1 is 1.03 bits per heavy atom. The minimum absolute atomic E-state index is 0.152. The molecule has 0 aliphatic carbocycles. The van der Waals surface area contributed by atoms with Crippen LogP contribution in [0.4, 0.5) is 16.2 Å². The fraction of sp³-hybridized carbons (Fsp3) is 0.261. The van der Waals surface area contributed by atoms with Gasteiger partial charge in [0.15, 0.2) is 0 Å². The molecule has 2 aromatic rings. The summed E-state index contributed by atoms with van der Waals surface area (Å²) in [6.45, 7) is 7.60. The Labute approximate surface area is 176 Å². The van der Waals surface area contributed by atoms with E-state index in [0.717, 1.165) is 34.8 Å². The van der Waals surface area contributed by atoms with E-state index in [2.05, 4.69) is 29.4 Å². The highest BCUT2D eigenvalue weighted by atomic mass is 16.2. The van der Waals surface area contributed by atoms with Gasteiger partial charge in [-0.3, -0.25) is 9.59 Å². The van der Waals surface area contributed by atoms with E-state index >= 15 is 0 Å². The number of imide groups is 1. The van der Waals surface area contributed by atoms with Crippen LogP contribution >= 0.6 is 0 Å². The molecular weight excluding hydrogens is 380 g/mol. The van der Waals surface area contributed by atoms with Gasteiger partial charge in [-0.2, -0.15) is 0 Å². The van der Waals surface area contributed by atoms with Crippen molar-refractivity contribution in [2.24, 2.45) is 0 Å². The number of nitrogens with zero attached hydrogens (tertiary/aromatic N) is 2. The van der Waals surface area contributed by atoms with Crippen molar-refractivity contribution in [2.75, 3.05) is 29.9 Å². The highest BCUT2D eigenvalue weighted by Gasteiger charge is 2.34. The molecule has 0 aromatic heterocycles. The van der Waals surface area contributed by atoms with Gasteiger partial charge in [0.05, 0.1) is 0 Å². The van der Waals surface area contributed by atoms with E-state index in [1.807, 2.05) is 43.3 Å². The Bertz CT molecular complexity index is 961. The Morgan fingerprint density at radius 3 is 2.27 bits per heavy atom. The maximum Gasteiger partial charge on any atom is 0.329 e. The van der Waals surface area contributed by atoms with E-state index in [1.165, 1.54) is 0 Å². The first-order valence-electron chi connectivity index (χ1n) is 9.97. The predicted molar refractivity (Wildman–Crippen MR) is 118 cm³/mol. The predicted octanol–water partition coefficient (Wildman–Crippen LogP) is 3.37. The number of nitrogens with one attached hydrogen (secondary N) is 2. The summed E-state index contributed by atoms with van der Waals surface area (Å²) < 4.78 is 0. The largest absolute Gasteiger partial charge is 0.372 e. The Kier molecular flexibility index (Phi) is 6.51. The fourth-order valence-corrected chi connectivity index (χ4v) is 3.23. The molecule has 156 valence electrons. The molecule has 0 radical (unpaired) electrons. The van der Waals surface area contributed by atoms with Gasteiger partial charge in [-0.1, -0.05) is 29.8 Å². The van der Waals surface area contributed by atoms with Crippen molar-refractivity contribution < 1.29 is 14.4 Å². The highest BCUT2D eigenvalue weighted by molar-refractivity contribution is 6.15. The maximum atomic E-state index is 12.6. The van der Waals surface area contributed by atoms with Crippen molar-refractivity contribution in [1.29, 1.82) is 0 Å². The molecule has 2 N–H and O–H groups in total. The second kappa shape index (κ2) is 9.26. The minimum Gasteiger partial charge on any atom is -0.372 e. The summed E-state index contributed by atoms with van der Waals surface area (Å²) in [6, 6.07) is 14.4. The third-order valence-electron chi connectivity index (χ3n) is 4.93. The van der Waals surface area contributed by atoms with Crippen LogP contribution in [0.1, 0.15) is 25.0 Å². The minimum atomic E-state index is -0.606. The number of hydrogen-bond acceptors (Lipinski definition) is 4. The average Bonchev–Trinajstić information content (AvgIpc) is 2.99. The molecule has 0 saturated carbocycles. The summed E-state index contributed by atoms with van der Waals surface area (Å²) in [5.74, 6) is -0.959. The van der Waals surface area contributed by atoms with Gasteiger partial charge < -0.3 is 15.5 Å². The molecule has 1 heterocycles. The van der Waals surface area contributed by atoms with Crippen molar-refractivity contribution in [2.45, 2.75) is 20.8 Å². The number of urea groups is 1. The van der Waals surface area contributed by atoms with Gasteiger partial charge in [0.1, 0.15) is 12.2 Å². The van der Waals surface area contributed by atoms with Crippen LogP contribution < -0.4 is 15.5 Å². The Morgan fingerprint density at radius 2 is 1.67 bits per heavy atom. The van der Waals surface area contributed by atoms with Gasteiger partial charge in [0, 0.05) is 24.5 Å². The van der Waals surface area contributed by atoms with Crippen LogP contribution in [0, 0.1) is 6.92 Å². The topological polar surface area (TPSA) is 81.8 Å². The molecule has 2 aromatic carbocycles. The van der Waals surface area contributed by atoms with Gasteiger partial charge in [-0.25, -0.2) is 9.69 Å². The van der Waals surface area contributed by atoms with E-state index in [1.54, 1.807) is 18.2 Å². The molecule has 7 heteroatoms. The van der Waals surface area contributed by atoms with Gasteiger partial charge in [-0.15, -0.1) is 0 Å². The second-order valence-electron chi connectivity index (χ2n) is 7.06. The van der Waals surface area contributed by atoms with Crippen LogP contribution in [0.25, 0.3) is 6.08 Å². The molecular formula is C23H26N4O3. The first kappa shape index (κ1) is 21.1. The molecule has 30 heavy (non-hydrogen) atoms. The number of anilines is 2. The van der Waals surface area contributed by atoms with Crippen molar-refractivity contribution in [3.8, 4) is 0 Å². The molecule has 0 spiro atoms. The van der Waals surface area contributed by atoms with Crippen molar-refractivity contribution in [3.05, 3.63) is 65.4 Å². The van der Waals surface area contributed by atoms with Gasteiger partial charge in [0.2, 0.25) is 5.91 Å². The zero-order valence-corrected chi connectivity index (χ0v) is 17.4. The van der Waals surface area contributed by atoms with Gasteiger partial charge in [-0.05, 0) is 56.7 Å². The molecule has 1 saturated heterocycles. The average molecular weight is 406 g/mol. The lowest BCUT2D eigenvalue weighted by atomic mass is 10.1. The van der Waals surface area contributed by atoms with Crippen LogP contribution in [0.3, 0.4) is 0 Å². The lowest BCUT2D eigenvalue weighted by Gasteiger charge is -2.20. The lowest BCUT2D eigenvalue weighted by molar-refractivity contribution is -0.127. The summed E-state index contributed by atoms with van der Waals surface area (Å²) >= 11 is 0. The fourth-order valence-electron chi connectivity index (χ4n) is 3.23. The molecule has 1 aliphatic heterocycles. The van der Waals surface area contributed by atoms with E-state index in [9.17, 15) is 14.4 Å². The summed E-state index contributed by atoms with van der Waals surface area (Å²) in [6.07, 6.45) is 1.62. The second-order valence-corrected chi connectivity index (χ2v) is 7.06. The Hall–Kier alpha value is -3.61. The maximum absolute atomic E-state index is 12.6. The number of hydrogen-bond donors (Lipinski definition) is 2. The zero-order valence-electron chi connectivity index (χ0n) is 17.4. The first-order chi connectivity index (χ1) is 14.4. The molecule has 0 bridgehead atoms. The molecule has 3 rings (SSSR count). The Balaban J connectivity index is 1.66. The summed E-state index contributed by atoms with van der Waals surface area (Å²) in [5, 5.41) is 5.24. The van der Waals surface area contributed by atoms with E-state index in [4.69, 9.17) is 0 Å². The van der Waals surface area contributed by atoms with Crippen molar-refractivity contribution >= 4 is 35.3 Å². The number of aryl methyl sites for hydroxylation is 1. The molecule has 1 fully saturated rings. The monoisotopic (exact) mass is 406 g/mol. The third kappa shape index (κ3) is 4.86. The smallest absolute Gasteiger partial charge is 0.329 e. The number of carbonyl (C=O) groups excluding carboxylic acids is 3. The van der Waals surface area contributed by atoms with Crippen LogP contribution in [-0.2, 0) is 9.59 Å². The zero-order chi connectivity index (χ0) is 21.7. The molecule has 0 unspecified atom stereocenters. The number of carbonyl (C=O) groups is 3. The van der Waals surface area contributed by atoms with Crippen molar-refractivity contribution in [3.63, 3.8) is 0 Å². The number of benzene rings is 2. The molecule has 1 aliphatic rings. The summed E-state index contributed by atoms with van der Waals surface area (Å²) in [7, 11) is 0. The first-order valence-corrected chi connectivity index (χ1v) is 9.97. The number of rotatable bonds is 7. The standard InChI is InChI=1S/C23H26N4O3/c1-4-26(5-2)19-12-8-17(9-13-19)14-20-22(29)27(23(30)25-20)15-21(28)24-18-10-6-16(3)7-11-18/h6-14H,4-5,15H2,1-3H3,(H,24,28)(H,25,30)/b20-14+. The van der Waals surface area contributed by atoms with Gasteiger partial charge in [0.25, 0.3) is 5.91 Å². The molecule has 4 amide bonds. The van der Waals surface area contributed by atoms with Crippen LogP contribution in [0.15, 0.2) is 54.2 Å². The van der Waals surface area contributed by atoms with Crippen molar-refractivity contribution in [1.82, 2.24) is 10.2 Å². The van der Waals surface area contributed by atoms with Crippen LogP contribution in [0.2, 0.25) is 0 Å². The summed E-state index contributed by atoms with van der Waals surface area (Å²) in [5.41, 5.74) is 3.72. The third-order valence-corrected chi connectivity index (χ3v) is 4.93. The van der Waals surface area contributed by atoms with E-state index < -0.39 is 17.8 Å². The van der Waals surface area contributed by atoms with Crippen LogP contribution in [-0.4, -0.2) is 42.4 Å². The molecule has 0 atom stereocenters. The quantitative estimate of drug-likeness (QED) is 0.546. The molecule has 7 nitrogen and oxygen atoms in total. The van der Waals surface area contributed by atoms with Gasteiger partial charge >= 0.3 is 6.03 Å². The van der Waals surface area contributed by atoms with Crippen LogP contribution in [0.5, 0.6) is 0 Å².